The largest absolute Gasteiger partial charge is 0.481 e. The van der Waals surface area contributed by atoms with Crippen molar-refractivity contribution in [2.45, 2.75) is 6.42 Å². The Morgan fingerprint density at radius 2 is 1.68 bits per heavy atom. The minimum atomic E-state index is -0.995. The Labute approximate surface area is 159 Å². The van der Waals surface area contributed by atoms with Crippen LogP contribution in [-0.2, 0) is 4.79 Å². The predicted octanol–water partition coefficient (Wildman–Crippen LogP) is 1.98. The zero-order valence-electron chi connectivity index (χ0n) is 14.7. The third-order valence-corrected chi connectivity index (χ3v) is 4.02. The van der Waals surface area contributed by atoms with Crippen LogP contribution in [0.25, 0.3) is 10.9 Å². The number of benzene rings is 2. The third kappa shape index (κ3) is 4.42. The number of hydrogen-bond acceptors (Lipinski definition) is 4. The van der Waals surface area contributed by atoms with Gasteiger partial charge in [-0.2, -0.15) is 0 Å². The van der Waals surface area contributed by atoms with Crippen LogP contribution in [0.5, 0.6) is 0 Å². The molecule has 0 bridgehead atoms. The Balaban J connectivity index is 1.72. The molecule has 4 N–H and O–H groups in total. The van der Waals surface area contributed by atoms with Gasteiger partial charge >= 0.3 is 5.97 Å². The summed E-state index contributed by atoms with van der Waals surface area (Å²) in [5.74, 6) is -1.84. The Morgan fingerprint density at radius 3 is 2.39 bits per heavy atom. The number of aromatic amines is 1. The topological polar surface area (TPSA) is 128 Å². The highest BCUT2D eigenvalue weighted by Crippen LogP contribution is 2.17. The van der Waals surface area contributed by atoms with Crippen molar-refractivity contribution in [3.05, 3.63) is 76.1 Å². The van der Waals surface area contributed by atoms with Crippen molar-refractivity contribution in [2.24, 2.45) is 0 Å². The van der Waals surface area contributed by atoms with E-state index in [1.165, 1.54) is 18.2 Å². The molecule has 0 aliphatic heterocycles. The van der Waals surface area contributed by atoms with Gasteiger partial charge in [-0.05, 0) is 30.3 Å². The van der Waals surface area contributed by atoms with Crippen LogP contribution in [0.2, 0.25) is 0 Å². The van der Waals surface area contributed by atoms with Gasteiger partial charge in [0, 0.05) is 34.8 Å². The molecule has 142 valence electrons. The minimum absolute atomic E-state index is 0.0300. The molecule has 2 amide bonds. The lowest BCUT2D eigenvalue weighted by molar-refractivity contribution is -0.136. The van der Waals surface area contributed by atoms with Gasteiger partial charge < -0.3 is 20.7 Å². The minimum Gasteiger partial charge on any atom is -0.481 e. The van der Waals surface area contributed by atoms with Crippen LogP contribution in [0.15, 0.2) is 59.4 Å². The quantitative estimate of drug-likeness (QED) is 0.521. The SMILES string of the molecule is O=C(O)CCNC(=O)c1ccc(NC(=O)c2cc(=O)[nH]c3ccccc23)cc1. The fraction of sp³-hybridized carbons (Fsp3) is 0.100. The highest BCUT2D eigenvalue weighted by atomic mass is 16.4. The number of aliphatic carboxylic acids is 1. The van der Waals surface area contributed by atoms with E-state index in [-0.39, 0.29) is 24.1 Å². The van der Waals surface area contributed by atoms with Gasteiger partial charge in [0.05, 0.1) is 12.0 Å². The van der Waals surface area contributed by atoms with Gasteiger partial charge in [-0.15, -0.1) is 0 Å². The predicted molar refractivity (Wildman–Crippen MR) is 104 cm³/mol. The van der Waals surface area contributed by atoms with E-state index in [0.717, 1.165) is 0 Å². The number of amides is 2. The molecule has 0 spiro atoms. The van der Waals surface area contributed by atoms with Crippen molar-refractivity contribution in [2.75, 3.05) is 11.9 Å². The van der Waals surface area contributed by atoms with Crippen LogP contribution in [0.4, 0.5) is 5.69 Å². The second kappa shape index (κ2) is 8.17. The number of carboxylic acids is 1. The highest BCUT2D eigenvalue weighted by molar-refractivity contribution is 6.12. The number of pyridine rings is 1. The second-order valence-electron chi connectivity index (χ2n) is 6.02. The summed E-state index contributed by atoms with van der Waals surface area (Å²) in [4.78, 5) is 49.5. The van der Waals surface area contributed by atoms with E-state index < -0.39 is 17.8 Å². The molecule has 1 heterocycles. The summed E-state index contributed by atoms with van der Waals surface area (Å²) in [7, 11) is 0. The molecular weight excluding hydrogens is 362 g/mol. The molecular formula is C20H17N3O5. The molecule has 0 unspecified atom stereocenters. The lowest BCUT2D eigenvalue weighted by Crippen LogP contribution is -2.26. The molecule has 28 heavy (non-hydrogen) atoms. The molecule has 0 radical (unpaired) electrons. The van der Waals surface area contributed by atoms with E-state index in [4.69, 9.17) is 5.11 Å². The van der Waals surface area contributed by atoms with Gasteiger partial charge in [0.1, 0.15) is 0 Å². The summed E-state index contributed by atoms with van der Waals surface area (Å²) >= 11 is 0. The number of carbonyl (C=O) groups excluding carboxylic acids is 2. The van der Waals surface area contributed by atoms with Gasteiger partial charge in [-0.25, -0.2) is 0 Å². The summed E-state index contributed by atoms with van der Waals surface area (Å²) < 4.78 is 0. The molecule has 0 aliphatic carbocycles. The van der Waals surface area contributed by atoms with Crippen LogP contribution in [0, 0.1) is 0 Å². The van der Waals surface area contributed by atoms with Gasteiger partial charge in [0.2, 0.25) is 5.56 Å². The summed E-state index contributed by atoms with van der Waals surface area (Å²) in [5.41, 5.74) is 1.22. The summed E-state index contributed by atoms with van der Waals surface area (Å²) in [6.45, 7) is 0.0300. The Morgan fingerprint density at radius 1 is 0.964 bits per heavy atom. The number of hydrogen-bond donors (Lipinski definition) is 4. The number of anilines is 1. The maximum atomic E-state index is 12.6. The maximum absolute atomic E-state index is 12.6. The van der Waals surface area contributed by atoms with Crippen molar-refractivity contribution in [3.63, 3.8) is 0 Å². The molecule has 8 heteroatoms. The van der Waals surface area contributed by atoms with Gasteiger partial charge in [-0.1, -0.05) is 18.2 Å². The van der Waals surface area contributed by atoms with Crippen molar-refractivity contribution in [3.8, 4) is 0 Å². The first-order chi connectivity index (χ1) is 13.4. The molecule has 3 aromatic rings. The smallest absolute Gasteiger partial charge is 0.305 e. The number of fused-ring (bicyclic) bond motifs is 1. The number of H-pyrrole nitrogens is 1. The monoisotopic (exact) mass is 379 g/mol. The average molecular weight is 379 g/mol. The molecule has 2 aromatic carbocycles. The lowest BCUT2D eigenvalue weighted by atomic mass is 10.1. The summed E-state index contributed by atoms with van der Waals surface area (Å²) in [6, 6.07) is 14.4. The van der Waals surface area contributed by atoms with E-state index in [1.807, 2.05) is 0 Å². The van der Waals surface area contributed by atoms with E-state index in [9.17, 15) is 19.2 Å². The zero-order valence-corrected chi connectivity index (χ0v) is 14.7. The Kier molecular flexibility index (Phi) is 5.50. The first-order valence-corrected chi connectivity index (χ1v) is 8.47. The van der Waals surface area contributed by atoms with Crippen molar-refractivity contribution < 1.29 is 19.5 Å². The van der Waals surface area contributed by atoms with E-state index >= 15 is 0 Å². The molecule has 0 aliphatic rings. The maximum Gasteiger partial charge on any atom is 0.305 e. The standard InChI is InChI=1S/C20H17N3O5/c24-17-11-15(14-3-1-2-4-16(14)23-17)20(28)22-13-7-5-12(6-8-13)19(27)21-10-9-18(25)26/h1-8,11H,9-10H2,(H,21,27)(H,22,28)(H,23,24)(H,25,26). The van der Waals surface area contributed by atoms with Crippen LogP contribution >= 0.6 is 0 Å². The van der Waals surface area contributed by atoms with Crippen LogP contribution < -0.4 is 16.2 Å². The number of rotatable bonds is 6. The molecule has 8 nitrogen and oxygen atoms in total. The van der Waals surface area contributed by atoms with Gasteiger partial charge in [0.25, 0.3) is 11.8 Å². The van der Waals surface area contributed by atoms with Crippen molar-refractivity contribution in [1.82, 2.24) is 10.3 Å². The average Bonchev–Trinajstić information content (AvgIpc) is 2.67. The number of para-hydroxylation sites is 1. The fourth-order valence-corrected chi connectivity index (χ4v) is 2.68. The first-order valence-electron chi connectivity index (χ1n) is 8.47. The number of aromatic nitrogens is 1. The van der Waals surface area contributed by atoms with E-state index in [2.05, 4.69) is 15.6 Å². The number of nitrogens with one attached hydrogen (secondary N) is 3. The zero-order chi connectivity index (χ0) is 20.1. The highest BCUT2D eigenvalue weighted by Gasteiger charge is 2.12. The molecule has 1 aromatic heterocycles. The van der Waals surface area contributed by atoms with Crippen LogP contribution in [-0.4, -0.2) is 34.4 Å². The normalized spacial score (nSPS) is 10.4. The van der Waals surface area contributed by atoms with Crippen molar-refractivity contribution in [1.29, 1.82) is 0 Å². The van der Waals surface area contributed by atoms with E-state index in [1.54, 1.807) is 36.4 Å². The molecule has 0 atom stereocenters. The number of carbonyl (C=O) groups is 3. The molecule has 3 rings (SSSR count). The fourth-order valence-electron chi connectivity index (χ4n) is 2.68. The number of carboxylic acid groups (broad SMARTS) is 1. The van der Waals surface area contributed by atoms with Crippen LogP contribution in [0.3, 0.4) is 0 Å². The van der Waals surface area contributed by atoms with Crippen LogP contribution in [0.1, 0.15) is 27.1 Å². The Bertz CT molecular complexity index is 1100. The van der Waals surface area contributed by atoms with Gasteiger partial charge in [-0.3, -0.25) is 19.2 Å². The summed E-state index contributed by atoms with van der Waals surface area (Å²) in [6.07, 6.45) is -0.163. The summed E-state index contributed by atoms with van der Waals surface area (Å²) in [5, 5.41) is 14.4. The first kappa shape index (κ1) is 18.8. The van der Waals surface area contributed by atoms with Crippen molar-refractivity contribution >= 4 is 34.4 Å². The third-order valence-electron chi connectivity index (χ3n) is 4.02. The van der Waals surface area contributed by atoms with E-state index in [0.29, 0.717) is 22.2 Å². The molecule has 0 saturated carbocycles. The second-order valence-corrected chi connectivity index (χ2v) is 6.02. The molecule has 0 fully saturated rings. The lowest BCUT2D eigenvalue weighted by Gasteiger charge is -2.09. The Hall–Kier alpha value is -3.94. The molecule has 0 saturated heterocycles. The van der Waals surface area contributed by atoms with Gasteiger partial charge in [0.15, 0.2) is 0 Å².